The molecule has 0 radical (unpaired) electrons. The average Bonchev–Trinajstić information content (AvgIpc) is 3.47. The molecule has 0 bridgehead atoms. The molecule has 1 saturated carbocycles. The van der Waals surface area contributed by atoms with Crippen LogP contribution in [-0.4, -0.2) is 40.9 Å². The van der Waals surface area contributed by atoms with Gasteiger partial charge in [0.25, 0.3) is 5.91 Å². The Labute approximate surface area is 206 Å². The highest BCUT2D eigenvalue weighted by molar-refractivity contribution is 6.33. The zero-order valence-corrected chi connectivity index (χ0v) is 20.8. The highest BCUT2D eigenvalue weighted by Crippen LogP contribution is 2.46. The number of rotatable bonds is 10. The molecular weight excluding hydrogens is 452 g/mol. The summed E-state index contributed by atoms with van der Waals surface area (Å²) in [5.41, 5.74) is 1.16. The molecule has 2 unspecified atom stereocenters. The van der Waals surface area contributed by atoms with E-state index >= 15 is 0 Å². The summed E-state index contributed by atoms with van der Waals surface area (Å²) in [5, 5.41) is 17.1. The molecule has 182 valence electrons. The number of benzene rings is 2. The number of Topliss-reactive ketones (excluding diaryl/α,β-unsaturated/α-hetero) is 1. The van der Waals surface area contributed by atoms with Crippen LogP contribution in [0.2, 0.25) is 5.02 Å². The Balaban J connectivity index is 1.73. The number of hydrogen-bond acceptors (Lipinski definition) is 4. The minimum Gasteiger partial charge on any atom is -0.390 e. The fourth-order valence-electron chi connectivity index (χ4n) is 4.38. The van der Waals surface area contributed by atoms with E-state index in [1.165, 1.54) is 0 Å². The molecular formula is C27H33ClN2O4. The lowest BCUT2D eigenvalue weighted by molar-refractivity contribution is -0.126. The Hall–Kier alpha value is -2.70. The summed E-state index contributed by atoms with van der Waals surface area (Å²) in [5.74, 6) is -1.76. The third-order valence-electron chi connectivity index (χ3n) is 6.25. The minimum absolute atomic E-state index is 0.0237. The van der Waals surface area contributed by atoms with Gasteiger partial charge in [-0.1, -0.05) is 81.8 Å². The van der Waals surface area contributed by atoms with E-state index in [9.17, 15) is 19.5 Å². The van der Waals surface area contributed by atoms with Gasteiger partial charge in [-0.3, -0.25) is 14.4 Å². The zero-order valence-electron chi connectivity index (χ0n) is 20.0. The Morgan fingerprint density at radius 3 is 2.18 bits per heavy atom. The van der Waals surface area contributed by atoms with Crippen LogP contribution in [0.1, 0.15) is 56.0 Å². The minimum atomic E-state index is -1.03. The lowest BCUT2D eigenvalue weighted by Gasteiger charge is -2.30. The van der Waals surface area contributed by atoms with E-state index in [4.69, 9.17) is 11.6 Å². The number of hydrogen-bond donors (Lipinski definition) is 3. The van der Waals surface area contributed by atoms with Crippen LogP contribution in [0.4, 0.5) is 0 Å². The van der Waals surface area contributed by atoms with Gasteiger partial charge in [0.2, 0.25) is 5.91 Å². The predicted molar refractivity (Wildman–Crippen MR) is 133 cm³/mol. The lowest BCUT2D eigenvalue weighted by Crippen LogP contribution is -2.55. The van der Waals surface area contributed by atoms with Crippen molar-refractivity contribution in [2.45, 2.75) is 58.2 Å². The monoisotopic (exact) mass is 484 g/mol. The third-order valence-corrected chi connectivity index (χ3v) is 6.58. The first-order chi connectivity index (χ1) is 16.1. The number of nitrogens with one attached hydrogen (secondary N) is 2. The van der Waals surface area contributed by atoms with E-state index in [0.29, 0.717) is 17.0 Å². The molecule has 1 fully saturated rings. The standard InChI is InChI=1S/C27H33ClN2O4/c1-15(2)14-20(29-26(33)18-12-8-9-13-19(18)28)27(34)30-23(16(3)4)25(32)22-21(24(22)31)17-10-6-5-7-11-17/h5-13,15-16,20-23,25,32H,14H2,1-4H3,(H,29,33)(H,30,34)/t20-,21?,22?,23-,25-/m0/s1. The van der Waals surface area contributed by atoms with E-state index in [1.54, 1.807) is 24.3 Å². The highest BCUT2D eigenvalue weighted by Gasteiger charge is 2.56. The molecule has 7 heteroatoms. The first-order valence-corrected chi connectivity index (χ1v) is 12.1. The van der Waals surface area contributed by atoms with Crippen molar-refractivity contribution < 1.29 is 19.5 Å². The summed E-state index contributed by atoms with van der Waals surface area (Å²) in [6.45, 7) is 7.70. The summed E-state index contributed by atoms with van der Waals surface area (Å²) >= 11 is 6.15. The molecule has 1 aliphatic carbocycles. The SMILES string of the molecule is CC(C)C[C@H](NC(=O)c1ccccc1Cl)C(=O)N[C@@H](C(C)C)[C@@H](O)C1C(=O)C1c1ccccc1. The summed E-state index contributed by atoms with van der Waals surface area (Å²) < 4.78 is 0. The molecule has 0 saturated heterocycles. The van der Waals surface area contributed by atoms with Crippen LogP contribution in [0.25, 0.3) is 0 Å². The van der Waals surface area contributed by atoms with Gasteiger partial charge < -0.3 is 15.7 Å². The Bertz CT molecular complexity index is 1020. The van der Waals surface area contributed by atoms with Gasteiger partial charge in [-0.15, -0.1) is 0 Å². The molecule has 3 rings (SSSR count). The summed E-state index contributed by atoms with van der Waals surface area (Å²) in [6.07, 6.45) is -0.613. The molecule has 3 N–H and O–H groups in total. The molecule has 1 aliphatic rings. The Morgan fingerprint density at radius 2 is 1.59 bits per heavy atom. The molecule has 34 heavy (non-hydrogen) atoms. The maximum Gasteiger partial charge on any atom is 0.253 e. The summed E-state index contributed by atoms with van der Waals surface area (Å²) in [6, 6.07) is 14.6. The number of aliphatic hydroxyl groups is 1. The average molecular weight is 485 g/mol. The van der Waals surface area contributed by atoms with Gasteiger partial charge in [0.1, 0.15) is 11.8 Å². The number of halogens is 1. The molecule has 0 aliphatic heterocycles. The van der Waals surface area contributed by atoms with Crippen LogP contribution in [0, 0.1) is 17.8 Å². The maximum atomic E-state index is 13.3. The van der Waals surface area contributed by atoms with Crippen LogP contribution < -0.4 is 10.6 Å². The number of carbonyl (C=O) groups excluding carboxylic acids is 3. The van der Waals surface area contributed by atoms with Gasteiger partial charge in [0, 0.05) is 0 Å². The second-order valence-electron chi connectivity index (χ2n) is 9.72. The van der Waals surface area contributed by atoms with Crippen molar-refractivity contribution >= 4 is 29.2 Å². The van der Waals surface area contributed by atoms with Crippen molar-refractivity contribution in [2.75, 3.05) is 0 Å². The summed E-state index contributed by atoms with van der Waals surface area (Å²) in [7, 11) is 0. The predicted octanol–water partition coefficient (Wildman–Crippen LogP) is 3.97. The summed E-state index contributed by atoms with van der Waals surface area (Å²) in [4.78, 5) is 38.6. The molecule has 2 amide bonds. The van der Waals surface area contributed by atoms with Crippen LogP contribution in [0.3, 0.4) is 0 Å². The van der Waals surface area contributed by atoms with Gasteiger partial charge in [-0.2, -0.15) is 0 Å². The molecule has 6 nitrogen and oxygen atoms in total. The molecule has 0 heterocycles. The van der Waals surface area contributed by atoms with E-state index in [-0.39, 0.29) is 23.5 Å². The quantitative estimate of drug-likeness (QED) is 0.475. The molecule has 2 aromatic carbocycles. The van der Waals surface area contributed by atoms with Crippen molar-refractivity contribution in [2.24, 2.45) is 17.8 Å². The van der Waals surface area contributed by atoms with E-state index in [2.05, 4.69) is 10.6 Å². The van der Waals surface area contributed by atoms with Gasteiger partial charge in [-0.25, -0.2) is 0 Å². The maximum absolute atomic E-state index is 13.3. The second-order valence-corrected chi connectivity index (χ2v) is 10.1. The normalized spacial score (nSPS) is 20.1. The van der Waals surface area contributed by atoms with Crippen LogP contribution in [0.5, 0.6) is 0 Å². The van der Waals surface area contributed by atoms with Crippen molar-refractivity contribution in [3.63, 3.8) is 0 Å². The van der Waals surface area contributed by atoms with E-state index < -0.39 is 35.9 Å². The fraction of sp³-hybridized carbons (Fsp3) is 0.444. The van der Waals surface area contributed by atoms with Gasteiger partial charge in [0.05, 0.1) is 34.6 Å². The van der Waals surface area contributed by atoms with Crippen molar-refractivity contribution in [3.8, 4) is 0 Å². The van der Waals surface area contributed by atoms with E-state index in [1.807, 2.05) is 58.0 Å². The Kier molecular flexibility index (Phi) is 8.50. The van der Waals surface area contributed by atoms with Crippen LogP contribution in [0.15, 0.2) is 54.6 Å². The first-order valence-electron chi connectivity index (χ1n) is 11.7. The van der Waals surface area contributed by atoms with Crippen LogP contribution >= 0.6 is 11.6 Å². The van der Waals surface area contributed by atoms with Crippen molar-refractivity contribution in [1.29, 1.82) is 0 Å². The first kappa shape index (κ1) is 25.9. The van der Waals surface area contributed by atoms with Crippen LogP contribution in [-0.2, 0) is 9.59 Å². The molecule has 0 aromatic heterocycles. The van der Waals surface area contributed by atoms with Gasteiger partial charge in [-0.05, 0) is 36.0 Å². The number of ketones is 1. The molecule has 0 spiro atoms. The topological polar surface area (TPSA) is 95.5 Å². The van der Waals surface area contributed by atoms with Crippen molar-refractivity contribution in [1.82, 2.24) is 10.6 Å². The fourth-order valence-corrected chi connectivity index (χ4v) is 4.60. The van der Waals surface area contributed by atoms with Crippen molar-refractivity contribution in [3.05, 3.63) is 70.7 Å². The zero-order chi connectivity index (χ0) is 25.0. The number of carbonyl (C=O) groups is 3. The molecule has 2 aromatic rings. The van der Waals surface area contributed by atoms with E-state index in [0.717, 1.165) is 5.56 Å². The second kappa shape index (κ2) is 11.2. The lowest BCUT2D eigenvalue weighted by atomic mass is 9.92. The largest absolute Gasteiger partial charge is 0.390 e. The Morgan fingerprint density at radius 1 is 0.971 bits per heavy atom. The van der Waals surface area contributed by atoms with Gasteiger partial charge in [0.15, 0.2) is 0 Å². The highest BCUT2D eigenvalue weighted by atomic mass is 35.5. The molecule has 5 atom stereocenters. The third kappa shape index (κ3) is 6.05. The number of aliphatic hydroxyl groups excluding tert-OH is 1. The number of amides is 2. The smallest absolute Gasteiger partial charge is 0.253 e. The van der Waals surface area contributed by atoms with Gasteiger partial charge >= 0.3 is 0 Å².